The summed E-state index contributed by atoms with van der Waals surface area (Å²) in [4.78, 5) is 4.52. The van der Waals surface area contributed by atoms with Gasteiger partial charge in [-0.05, 0) is 53.5 Å². The van der Waals surface area contributed by atoms with Crippen molar-refractivity contribution in [3.8, 4) is 0 Å². The van der Waals surface area contributed by atoms with E-state index in [-0.39, 0.29) is 0 Å². The molecule has 0 bridgehead atoms. The number of halogens is 1. The molecule has 1 fully saturated rings. The first-order chi connectivity index (χ1) is 7.84. The van der Waals surface area contributed by atoms with Crippen molar-refractivity contribution in [1.82, 2.24) is 14.7 Å². The predicted octanol–water partition coefficient (Wildman–Crippen LogP) is 2.25. The highest BCUT2D eigenvalue weighted by Gasteiger charge is 2.17. The molecule has 0 amide bonds. The lowest BCUT2D eigenvalue weighted by Crippen LogP contribution is -2.12. The minimum Gasteiger partial charge on any atom is -0.316 e. The molecule has 0 saturated carbocycles. The van der Waals surface area contributed by atoms with Crippen LogP contribution in [0.15, 0.2) is 29.0 Å². The number of fused-ring (bicyclic) bond motifs is 1. The number of pyridine rings is 1. The van der Waals surface area contributed by atoms with Gasteiger partial charge in [0.25, 0.3) is 0 Å². The number of hydrogen-bond donors (Lipinski definition) is 1. The van der Waals surface area contributed by atoms with Gasteiger partial charge in [-0.25, -0.2) is 4.98 Å². The summed E-state index contributed by atoms with van der Waals surface area (Å²) in [7, 11) is 0. The monoisotopic (exact) mass is 279 g/mol. The molecule has 3 nitrogen and oxygen atoms in total. The number of hydrogen-bond acceptors (Lipinski definition) is 2. The van der Waals surface area contributed by atoms with E-state index in [0.29, 0.717) is 0 Å². The predicted molar refractivity (Wildman–Crippen MR) is 67.6 cm³/mol. The Hall–Kier alpha value is -0.870. The summed E-state index contributed by atoms with van der Waals surface area (Å²) in [6.07, 6.45) is 4.27. The second-order valence-corrected chi connectivity index (χ2v) is 5.16. The quantitative estimate of drug-likeness (QED) is 0.855. The Kier molecular flexibility index (Phi) is 2.69. The molecule has 3 heterocycles. The molecule has 84 valence electrons. The Labute approximate surface area is 103 Å². The van der Waals surface area contributed by atoms with Gasteiger partial charge in [0.15, 0.2) is 0 Å². The number of rotatable bonds is 2. The van der Waals surface area contributed by atoms with E-state index in [1.807, 2.05) is 12.3 Å². The van der Waals surface area contributed by atoms with Gasteiger partial charge in [-0.1, -0.05) is 6.07 Å². The van der Waals surface area contributed by atoms with E-state index in [0.717, 1.165) is 41.4 Å². The Morgan fingerprint density at radius 2 is 2.44 bits per heavy atom. The van der Waals surface area contributed by atoms with Crippen LogP contribution in [0.3, 0.4) is 0 Å². The van der Waals surface area contributed by atoms with Crippen LogP contribution in [0.1, 0.15) is 12.2 Å². The largest absolute Gasteiger partial charge is 0.316 e. The maximum Gasteiger partial charge on any atom is 0.114 e. The molecule has 0 spiro atoms. The van der Waals surface area contributed by atoms with E-state index in [9.17, 15) is 0 Å². The zero-order valence-electron chi connectivity index (χ0n) is 8.99. The third kappa shape index (κ3) is 1.76. The molecule has 16 heavy (non-hydrogen) atoms. The molecular formula is C12H14BrN3. The van der Waals surface area contributed by atoms with Crippen molar-refractivity contribution in [2.45, 2.75) is 12.8 Å². The van der Waals surface area contributed by atoms with Crippen LogP contribution >= 0.6 is 15.9 Å². The molecule has 1 aliphatic rings. The van der Waals surface area contributed by atoms with Crippen LogP contribution in [0.5, 0.6) is 0 Å². The fraction of sp³-hybridized carbons (Fsp3) is 0.417. The van der Waals surface area contributed by atoms with Crippen molar-refractivity contribution in [3.63, 3.8) is 0 Å². The summed E-state index contributed by atoms with van der Waals surface area (Å²) in [5.41, 5.74) is 1.16. The SMILES string of the molecule is Brc1cccc2cnc(CC3CCNC3)n12. The molecule has 3 rings (SSSR count). The lowest BCUT2D eigenvalue weighted by molar-refractivity contribution is 0.559. The fourth-order valence-electron chi connectivity index (χ4n) is 2.36. The molecular weight excluding hydrogens is 266 g/mol. The number of nitrogens with zero attached hydrogens (tertiary/aromatic N) is 2. The molecule has 1 aliphatic heterocycles. The average molecular weight is 280 g/mol. The van der Waals surface area contributed by atoms with E-state index in [1.54, 1.807) is 0 Å². The van der Waals surface area contributed by atoms with Gasteiger partial charge in [0.05, 0.1) is 16.3 Å². The minimum absolute atomic E-state index is 0.734. The molecule has 1 N–H and O–H groups in total. The Balaban J connectivity index is 1.97. The summed E-state index contributed by atoms with van der Waals surface area (Å²) >= 11 is 3.58. The van der Waals surface area contributed by atoms with E-state index < -0.39 is 0 Å². The van der Waals surface area contributed by atoms with Crippen LogP contribution in [0.4, 0.5) is 0 Å². The summed E-state index contributed by atoms with van der Waals surface area (Å²) in [6, 6.07) is 6.20. The summed E-state index contributed by atoms with van der Waals surface area (Å²) in [5, 5.41) is 3.40. The number of nitrogens with one attached hydrogen (secondary N) is 1. The fourth-order valence-corrected chi connectivity index (χ4v) is 2.92. The van der Waals surface area contributed by atoms with Crippen molar-refractivity contribution >= 4 is 21.4 Å². The van der Waals surface area contributed by atoms with E-state index >= 15 is 0 Å². The zero-order valence-corrected chi connectivity index (χ0v) is 10.6. The van der Waals surface area contributed by atoms with Crippen LogP contribution in [0.2, 0.25) is 0 Å². The highest BCUT2D eigenvalue weighted by Crippen LogP contribution is 2.20. The highest BCUT2D eigenvalue weighted by atomic mass is 79.9. The van der Waals surface area contributed by atoms with E-state index in [1.165, 1.54) is 6.42 Å². The van der Waals surface area contributed by atoms with Crippen LogP contribution in [-0.2, 0) is 6.42 Å². The summed E-state index contributed by atoms with van der Waals surface area (Å²) < 4.78 is 3.28. The van der Waals surface area contributed by atoms with Crippen LogP contribution < -0.4 is 5.32 Å². The van der Waals surface area contributed by atoms with Gasteiger partial charge in [0, 0.05) is 6.42 Å². The second-order valence-electron chi connectivity index (χ2n) is 4.35. The van der Waals surface area contributed by atoms with Crippen molar-refractivity contribution in [3.05, 3.63) is 34.8 Å². The third-order valence-electron chi connectivity index (χ3n) is 3.21. The topological polar surface area (TPSA) is 29.3 Å². The number of aromatic nitrogens is 2. The van der Waals surface area contributed by atoms with Crippen LogP contribution in [0.25, 0.3) is 5.52 Å². The van der Waals surface area contributed by atoms with Gasteiger partial charge in [-0.15, -0.1) is 0 Å². The zero-order chi connectivity index (χ0) is 11.0. The van der Waals surface area contributed by atoms with Gasteiger partial charge < -0.3 is 5.32 Å². The molecule has 0 radical (unpaired) electrons. The standard InChI is InChI=1S/C12H14BrN3/c13-11-3-1-2-10-8-15-12(16(10)11)6-9-4-5-14-7-9/h1-3,8-9,14H,4-7H2. The Morgan fingerprint density at radius 1 is 1.50 bits per heavy atom. The molecule has 0 aromatic carbocycles. The van der Waals surface area contributed by atoms with Gasteiger partial charge in [0.2, 0.25) is 0 Å². The first kappa shape index (κ1) is 10.3. The minimum atomic E-state index is 0.734. The lowest BCUT2D eigenvalue weighted by atomic mass is 10.1. The van der Waals surface area contributed by atoms with Gasteiger partial charge in [0.1, 0.15) is 5.82 Å². The van der Waals surface area contributed by atoms with Crippen LogP contribution in [0, 0.1) is 5.92 Å². The molecule has 1 atom stereocenters. The average Bonchev–Trinajstić information content (AvgIpc) is 2.90. The van der Waals surface area contributed by atoms with Crippen molar-refractivity contribution in [2.75, 3.05) is 13.1 Å². The highest BCUT2D eigenvalue weighted by molar-refractivity contribution is 9.10. The van der Waals surface area contributed by atoms with Crippen LogP contribution in [-0.4, -0.2) is 22.5 Å². The van der Waals surface area contributed by atoms with Gasteiger partial charge in [-0.2, -0.15) is 0 Å². The Morgan fingerprint density at radius 3 is 3.25 bits per heavy atom. The summed E-state index contributed by atoms with van der Waals surface area (Å²) in [5.74, 6) is 1.90. The maximum absolute atomic E-state index is 4.52. The second kappa shape index (κ2) is 4.18. The Bertz CT molecular complexity index is 500. The molecule has 2 aromatic rings. The maximum atomic E-state index is 4.52. The van der Waals surface area contributed by atoms with Crippen molar-refractivity contribution in [1.29, 1.82) is 0 Å². The van der Waals surface area contributed by atoms with Crippen molar-refractivity contribution in [2.24, 2.45) is 5.92 Å². The van der Waals surface area contributed by atoms with Gasteiger partial charge >= 0.3 is 0 Å². The summed E-state index contributed by atoms with van der Waals surface area (Å²) in [6.45, 7) is 2.27. The molecule has 0 aliphatic carbocycles. The molecule has 2 aromatic heterocycles. The number of imidazole rings is 1. The normalized spacial score (nSPS) is 20.7. The lowest BCUT2D eigenvalue weighted by Gasteiger charge is -2.08. The molecule has 1 saturated heterocycles. The first-order valence-electron chi connectivity index (χ1n) is 5.66. The van der Waals surface area contributed by atoms with Crippen molar-refractivity contribution < 1.29 is 0 Å². The van der Waals surface area contributed by atoms with Gasteiger partial charge in [-0.3, -0.25) is 4.40 Å². The molecule has 1 unspecified atom stereocenters. The third-order valence-corrected chi connectivity index (χ3v) is 3.83. The van der Waals surface area contributed by atoms with E-state index in [2.05, 4.69) is 42.8 Å². The van der Waals surface area contributed by atoms with E-state index in [4.69, 9.17) is 0 Å². The first-order valence-corrected chi connectivity index (χ1v) is 6.45. The smallest absolute Gasteiger partial charge is 0.114 e. The molecule has 4 heteroatoms.